The molecule has 0 saturated heterocycles. The lowest BCUT2D eigenvalue weighted by Crippen LogP contribution is -2.02. The van der Waals surface area contributed by atoms with Gasteiger partial charge < -0.3 is 4.98 Å². The molecule has 2 nitrogen and oxygen atoms in total. The molecular weight excluding hydrogens is 191 g/mol. The van der Waals surface area contributed by atoms with Gasteiger partial charge in [0, 0.05) is 18.3 Å². The van der Waals surface area contributed by atoms with E-state index in [4.69, 9.17) is 0 Å². The molecule has 0 radical (unpaired) electrons. The highest BCUT2D eigenvalue weighted by Gasteiger charge is 2.15. The van der Waals surface area contributed by atoms with Gasteiger partial charge in [-0.3, -0.25) is 0 Å². The summed E-state index contributed by atoms with van der Waals surface area (Å²) in [5, 5.41) is 0. The number of aromatic nitrogens is 2. The zero-order valence-electron chi connectivity index (χ0n) is 8.79. The van der Waals surface area contributed by atoms with Crippen LogP contribution < -0.4 is 0 Å². The lowest BCUT2D eigenvalue weighted by Gasteiger charge is -2.11. The Bertz CT molecular complexity index is 449. The summed E-state index contributed by atoms with van der Waals surface area (Å²) < 4.78 is 13.8. The molecule has 0 aliphatic rings. The third-order valence-electron chi connectivity index (χ3n) is 2.62. The van der Waals surface area contributed by atoms with Crippen LogP contribution >= 0.6 is 0 Å². The quantitative estimate of drug-likeness (QED) is 0.800. The maximum absolute atomic E-state index is 13.8. The summed E-state index contributed by atoms with van der Waals surface area (Å²) in [5.41, 5.74) is 1.36. The third kappa shape index (κ3) is 1.77. The fraction of sp³-hybridized carbons (Fsp3) is 0.250. The fourth-order valence-corrected chi connectivity index (χ4v) is 1.67. The van der Waals surface area contributed by atoms with Gasteiger partial charge in [-0.15, -0.1) is 0 Å². The maximum Gasteiger partial charge on any atom is 0.130 e. The van der Waals surface area contributed by atoms with E-state index in [9.17, 15) is 4.39 Å². The van der Waals surface area contributed by atoms with E-state index in [0.29, 0.717) is 11.1 Å². The molecule has 2 aromatic rings. The number of imidazole rings is 1. The SMILES string of the molecule is Cc1cccc(C(C)c2ncc[nH]2)c1F. The Balaban J connectivity index is 2.42. The Kier molecular flexibility index (Phi) is 2.54. The first-order valence-electron chi connectivity index (χ1n) is 4.94. The Morgan fingerprint density at radius 2 is 2.20 bits per heavy atom. The zero-order chi connectivity index (χ0) is 10.8. The molecule has 1 aromatic heterocycles. The topological polar surface area (TPSA) is 28.7 Å². The van der Waals surface area contributed by atoms with Crippen molar-refractivity contribution in [3.63, 3.8) is 0 Å². The minimum atomic E-state index is -0.138. The van der Waals surface area contributed by atoms with Crippen molar-refractivity contribution in [2.24, 2.45) is 0 Å². The first-order valence-corrected chi connectivity index (χ1v) is 4.94. The first-order chi connectivity index (χ1) is 7.20. The van der Waals surface area contributed by atoms with Gasteiger partial charge in [-0.25, -0.2) is 9.37 Å². The third-order valence-corrected chi connectivity index (χ3v) is 2.62. The number of nitrogens with zero attached hydrogens (tertiary/aromatic N) is 1. The van der Waals surface area contributed by atoms with Crippen molar-refractivity contribution in [3.8, 4) is 0 Å². The van der Waals surface area contributed by atoms with Gasteiger partial charge >= 0.3 is 0 Å². The Morgan fingerprint density at radius 3 is 2.87 bits per heavy atom. The second-order valence-electron chi connectivity index (χ2n) is 3.67. The van der Waals surface area contributed by atoms with Crippen molar-refractivity contribution in [2.75, 3.05) is 0 Å². The molecule has 0 amide bonds. The van der Waals surface area contributed by atoms with E-state index in [0.717, 1.165) is 5.82 Å². The van der Waals surface area contributed by atoms with Crippen LogP contribution in [0, 0.1) is 12.7 Å². The van der Waals surface area contributed by atoms with Crippen LogP contribution in [-0.2, 0) is 0 Å². The van der Waals surface area contributed by atoms with Crippen molar-refractivity contribution < 1.29 is 4.39 Å². The molecule has 1 heterocycles. The molecule has 78 valence electrons. The number of rotatable bonds is 2. The van der Waals surface area contributed by atoms with E-state index in [1.807, 2.05) is 13.0 Å². The minimum Gasteiger partial charge on any atom is -0.348 e. The molecule has 15 heavy (non-hydrogen) atoms. The van der Waals surface area contributed by atoms with Crippen LogP contribution in [0.3, 0.4) is 0 Å². The molecule has 0 saturated carbocycles. The van der Waals surface area contributed by atoms with E-state index < -0.39 is 0 Å². The number of halogens is 1. The van der Waals surface area contributed by atoms with Crippen molar-refractivity contribution >= 4 is 0 Å². The van der Waals surface area contributed by atoms with Gasteiger partial charge in [0.1, 0.15) is 11.6 Å². The van der Waals surface area contributed by atoms with Gasteiger partial charge in [-0.2, -0.15) is 0 Å². The van der Waals surface area contributed by atoms with E-state index >= 15 is 0 Å². The van der Waals surface area contributed by atoms with Crippen LogP contribution in [-0.4, -0.2) is 9.97 Å². The van der Waals surface area contributed by atoms with E-state index in [-0.39, 0.29) is 11.7 Å². The predicted molar refractivity (Wildman–Crippen MR) is 57.2 cm³/mol. The molecule has 3 heteroatoms. The molecule has 0 spiro atoms. The standard InChI is InChI=1S/C12H13FN2/c1-8-4-3-5-10(11(8)13)9(2)12-14-6-7-15-12/h3-7,9H,1-2H3,(H,14,15). The second-order valence-corrected chi connectivity index (χ2v) is 3.67. The van der Waals surface area contributed by atoms with Gasteiger partial charge in [0.05, 0.1) is 0 Å². The Labute approximate surface area is 88.2 Å². The van der Waals surface area contributed by atoms with Crippen molar-refractivity contribution in [1.29, 1.82) is 0 Å². The van der Waals surface area contributed by atoms with Crippen LogP contribution in [0.15, 0.2) is 30.6 Å². The molecule has 1 N–H and O–H groups in total. The summed E-state index contributed by atoms with van der Waals surface area (Å²) in [4.78, 5) is 7.15. The van der Waals surface area contributed by atoms with Crippen LogP contribution in [0.4, 0.5) is 4.39 Å². The van der Waals surface area contributed by atoms with Gasteiger partial charge in [-0.05, 0) is 18.1 Å². The molecule has 1 atom stereocenters. The van der Waals surface area contributed by atoms with E-state index in [2.05, 4.69) is 9.97 Å². The average molecular weight is 204 g/mol. The summed E-state index contributed by atoms with van der Waals surface area (Å²) in [7, 11) is 0. The largest absolute Gasteiger partial charge is 0.348 e. The highest BCUT2D eigenvalue weighted by molar-refractivity contribution is 5.30. The first kappa shape index (κ1) is 9.90. The predicted octanol–water partition coefficient (Wildman–Crippen LogP) is 3.01. The van der Waals surface area contributed by atoms with Crippen LogP contribution in [0.2, 0.25) is 0 Å². The number of aromatic amines is 1. The molecular formula is C12H13FN2. The van der Waals surface area contributed by atoms with E-state index in [1.54, 1.807) is 31.5 Å². The molecule has 0 aliphatic carbocycles. The average Bonchev–Trinajstić information content (AvgIpc) is 2.74. The lowest BCUT2D eigenvalue weighted by molar-refractivity contribution is 0.590. The highest BCUT2D eigenvalue weighted by Crippen LogP contribution is 2.24. The molecule has 0 fully saturated rings. The molecule has 1 aromatic carbocycles. The Hall–Kier alpha value is -1.64. The van der Waals surface area contributed by atoms with Gasteiger partial charge in [-0.1, -0.05) is 25.1 Å². The zero-order valence-corrected chi connectivity index (χ0v) is 8.79. The number of nitrogens with one attached hydrogen (secondary N) is 1. The number of H-pyrrole nitrogens is 1. The van der Waals surface area contributed by atoms with Crippen LogP contribution in [0.25, 0.3) is 0 Å². The van der Waals surface area contributed by atoms with Gasteiger partial charge in [0.25, 0.3) is 0 Å². The summed E-state index contributed by atoms with van der Waals surface area (Å²) in [6, 6.07) is 5.44. The second kappa shape index (κ2) is 3.85. The summed E-state index contributed by atoms with van der Waals surface area (Å²) in [6.07, 6.45) is 3.43. The monoisotopic (exact) mass is 204 g/mol. The number of hydrogen-bond acceptors (Lipinski definition) is 1. The fourth-order valence-electron chi connectivity index (χ4n) is 1.67. The lowest BCUT2D eigenvalue weighted by atomic mass is 9.98. The molecule has 0 bridgehead atoms. The minimum absolute atomic E-state index is 0.0418. The van der Waals surface area contributed by atoms with Crippen molar-refractivity contribution in [1.82, 2.24) is 9.97 Å². The number of aryl methyl sites for hydroxylation is 1. The molecule has 2 rings (SSSR count). The van der Waals surface area contributed by atoms with Crippen molar-refractivity contribution in [3.05, 3.63) is 53.4 Å². The van der Waals surface area contributed by atoms with Gasteiger partial charge in [0.15, 0.2) is 0 Å². The number of benzene rings is 1. The summed E-state index contributed by atoms with van der Waals surface area (Å²) in [6.45, 7) is 3.71. The summed E-state index contributed by atoms with van der Waals surface area (Å²) >= 11 is 0. The van der Waals surface area contributed by atoms with E-state index in [1.165, 1.54) is 0 Å². The normalized spacial score (nSPS) is 12.7. The Morgan fingerprint density at radius 1 is 1.40 bits per heavy atom. The number of hydrogen-bond donors (Lipinski definition) is 1. The van der Waals surface area contributed by atoms with Gasteiger partial charge in [0.2, 0.25) is 0 Å². The smallest absolute Gasteiger partial charge is 0.130 e. The summed E-state index contributed by atoms with van der Waals surface area (Å²) in [5.74, 6) is 0.612. The van der Waals surface area contributed by atoms with Crippen LogP contribution in [0.1, 0.15) is 29.8 Å². The van der Waals surface area contributed by atoms with Crippen LogP contribution in [0.5, 0.6) is 0 Å². The molecule has 1 unspecified atom stereocenters. The maximum atomic E-state index is 13.8. The van der Waals surface area contributed by atoms with Crippen molar-refractivity contribution in [2.45, 2.75) is 19.8 Å². The highest BCUT2D eigenvalue weighted by atomic mass is 19.1. The molecule has 0 aliphatic heterocycles.